The SMILES string of the molecule is C1CC2C3C4C1n1[nH]n5n(n12)C3CC45. The van der Waals surface area contributed by atoms with Crippen molar-refractivity contribution in [2.45, 2.75) is 43.4 Å². The average Bonchev–Trinajstić information content (AvgIpc) is 2.90. The predicted molar refractivity (Wildman–Crippen MR) is 47.4 cm³/mol. The summed E-state index contributed by atoms with van der Waals surface area (Å²) in [6, 6.07) is 3.31. The lowest BCUT2D eigenvalue weighted by Gasteiger charge is -2.46. The smallest absolute Gasteiger partial charge is 0.0782 e. The molecular formula is C9H13N5. The number of H-pyrrole nitrogens is 1. The molecule has 0 aromatic carbocycles. The molecule has 0 saturated heterocycles. The van der Waals surface area contributed by atoms with Crippen molar-refractivity contribution >= 4 is 0 Å². The van der Waals surface area contributed by atoms with E-state index in [9.17, 15) is 0 Å². The third-order valence-corrected chi connectivity index (χ3v) is 5.54. The second kappa shape index (κ2) is 1.33. The van der Waals surface area contributed by atoms with Crippen molar-refractivity contribution < 1.29 is 0 Å². The van der Waals surface area contributed by atoms with Gasteiger partial charge in [-0.25, -0.2) is 5.21 Å². The van der Waals surface area contributed by atoms with Gasteiger partial charge in [0.05, 0.1) is 24.2 Å². The summed E-state index contributed by atoms with van der Waals surface area (Å²) in [5.74, 6) is 1.99. The Morgan fingerprint density at radius 2 is 1.50 bits per heavy atom. The lowest BCUT2D eigenvalue weighted by atomic mass is 9.72. The van der Waals surface area contributed by atoms with Crippen LogP contribution in [0.5, 0.6) is 0 Å². The number of nitrogens with one attached hydrogen (secondary N) is 1. The summed E-state index contributed by atoms with van der Waals surface area (Å²) < 4.78 is 0. The molecule has 6 atom stereocenters. The van der Waals surface area contributed by atoms with E-state index in [-0.39, 0.29) is 0 Å². The summed E-state index contributed by atoms with van der Waals surface area (Å²) in [5.41, 5.74) is 0. The highest BCUT2D eigenvalue weighted by Gasteiger charge is 2.68. The summed E-state index contributed by atoms with van der Waals surface area (Å²) in [5, 5.41) is 3.55. The summed E-state index contributed by atoms with van der Waals surface area (Å²) in [6.07, 6.45) is 4.26. The van der Waals surface area contributed by atoms with Gasteiger partial charge in [0.1, 0.15) is 0 Å². The van der Waals surface area contributed by atoms with E-state index in [0.29, 0.717) is 0 Å². The number of aromatic nitrogens is 5. The normalized spacial score (nSPS) is 57.1. The summed E-state index contributed by atoms with van der Waals surface area (Å²) >= 11 is 0. The van der Waals surface area contributed by atoms with E-state index in [2.05, 4.69) is 24.4 Å². The Bertz CT molecular complexity index is 504. The van der Waals surface area contributed by atoms with Gasteiger partial charge in [-0.05, 0) is 19.3 Å². The summed E-state index contributed by atoms with van der Waals surface area (Å²) in [7, 11) is 0. The topological polar surface area (TPSA) is 35.5 Å². The van der Waals surface area contributed by atoms with Crippen LogP contribution < -0.4 is 0 Å². The number of hydrogen-bond acceptors (Lipinski definition) is 0. The molecular weight excluding hydrogens is 178 g/mol. The van der Waals surface area contributed by atoms with Crippen molar-refractivity contribution in [3.05, 3.63) is 0 Å². The van der Waals surface area contributed by atoms with Gasteiger partial charge in [0, 0.05) is 11.8 Å². The average molecular weight is 191 g/mol. The standard InChI is InChI=1S/C9H13N5/c1-2-5-9-7-3-6-8(9)4(1)11-10-12(6)14(7)13(5)11/h4-10H,1-3H2. The van der Waals surface area contributed by atoms with Crippen LogP contribution in [0.25, 0.3) is 0 Å². The lowest BCUT2D eigenvalue weighted by Crippen LogP contribution is -2.47. The van der Waals surface area contributed by atoms with Crippen molar-refractivity contribution in [1.82, 2.24) is 24.4 Å². The number of nitrogens with zero attached hydrogens (tertiary/aromatic N) is 4. The summed E-state index contributed by atoms with van der Waals surface area (Å²) in [4.78, 5) is 9.89. The van der Waals surface area contributed by atoms with Crippen LogP contribution in [0.2, 0.25) is 0 Å². The number of fused-ring (bicyclic) bond motifs is 3. The quantitative estimate of drug-likeness (QED) is 0.634. The first-order valence-corrected chi connectivity index (χ1v) is 5.88. The fourth-order valence-corrected chi connectivity index (χ4v) is 5.36. The second-order valence-electron chi connectivity index (χ2n) is 5.67. The van der Waals surface area contributed by atoms with Crippen molar-refractivity contribution in [2.24, 2.45) is 11.8 Å². The van der Waals surface area contributed by atoms with Gasteiger partial charge in [0.2, 0.25) is 0 Å². The van der Waals surface area contributed by atoms with E-state index < -0.39 is 0 Å². The minimum Gasteiger partial charge on any atom is -0.207 e. The van der Waals surface area contributed by atoms with Crippen molar-refractivity contribution in [2.75, 3.05) is 0 Å². The fourth-order valence-electron chi connectivity index (χ4n) is 5.36. The minimum atomic E-state index is 0.809. The molecule has 1 aromatic heterocycles. The van der Waals surface area contributed by atoms with E-state index in [1.54, 1.807) is 0 Å². The molecule has 74 valence electrons. The Hall–Kier alpha value is -1.00. The maximum atomic E-state index is 3.55. The highest BCUT2D eigenvalue weighted by molar-refractivity contribution is 5.14. The fraction of sp³-hybridized carbons (Fsp3) is 1.00. The molecule has 6 bridgehead atoms. The van der Waals surface area contributed by atoms with Gasteiger partial charge in [0.25, 0.3) is 0 Å². The zero-order chi connectivity index (χ0) is 8.60. The maximum absolute atomic E-state index is 3.55. The van der Waals surface area contributed by atoms with Crippen molar-refractivity contribution in [3.63, 3.8) is 0 Å². The van der Waals surface area contributed by atoms with E-state index in [0.717, 1.165) is 36.0 Å². The van der Waals surface area contributed by atoms with Crippen LogP contribution in [-0.2, 0) is 0 Å². The van der Waals surface area contributed by atoms with E-state index in [1.165, 1.54) is 19.3 Å². The van der Waals surface area contributed by atoms with Gasteiger partial charge < -0.3 is 0 Å². The first kappa shape index (κ1) is 5.78. The van der Waals surface area contributed by atoms with Crippen LogP contribution in [0.15, 0.2) is 0 Å². The first-order valence-electron chi connectivity index (χ1n) is 5.88. The molecule has 2 aliphatic carbocycles. The molecule has 5 heterocycles. The Morgan fingerprint density at radius 3 is 2.50 bits per heavy atom. The molecule has 5 heteroatoms. The molecule has 5 nitrogen and oxygen atoms in total. The molecule has 0 spiro atoms. The predicted octanol–water partition coefficient (Wildman–Crippen LogP) is 0.980. The van der Waals surface area contributed by atoms with Gasteiger partial charge in [0.15, 0.2) is 0 Å². The third-order valence-electron chi connectivity index (χ3n) is 5.54. The van der Waals surface area contributed by atoms with E-state index in [4.69, 9.17) is 0 Å². The van der Waals surface area contributed by atoms with Crippen LogP contribution in [0.1, 0.15) is 43.4 Å². The molecule has 1 N–H and O–H groups in total. The molecule has 0 amide bonds. The Kier molecular flexibility index (Phi) is 0.550. The van der Waals surface area contributed by atoms with Crippen LogP contribution in [-0.4, -0.2) is 24.4 Å². The van der Waals surface area contributed by atoms with Crippen LogP contribution in [0, 0.1) is 11.8 Å². The van der Waals surface area contributed by atoms with Gasteiger partial charge in [-0.2, -0.15) is 19.2 Å². The number of hydrogen-bond donors (Lipinski definition) is 1. The molecule has 2 fully saturated rings. The highest BCUT2D eigenvalue weighted by Crippen LogP contribution is 2.69. The van der Waals surface area contributed by atoms with Crippen molar-refractivity contribution in [1.29, 1.82) is 0 Å². The van der Waals surface area contributed by atoms with Crippen LogP contribution in [0.4, 0.5) is 0 Å². The molecule has 14 heavy (non-hydrogen) atoms. The van der Waals surface area contributed by atoms with E-state index >= 15 is 0 Å². The molecule has 6 unspecified atom stereocenters. The highest BCUT2D eigenvalue weighted by atomic mass is 15.9. The molecule has 1 aromatic rings. The zero-order valence-corrected chi connectivity index (χ0v) is 7.87. The Labute approximate surface area is 80.5 Å². The largest absolute Gasteiger partial charge is 0.207 e. The third kappa shape index (κ3) is 0.306. The molecule has 6 aliphatic rings. The van der Waals surface area contributed by atoms with Gasteiger partial charge in [-0.1, -0.05) is 0 Å². The minimum absolute atomic E-state index is 0.809. The monoisotopic (exact) mass is 191 g/mol. The molecule has 4 aliphatic heterocycles. The second-order valence-corrected chi connectivity index (χ2v) is 5.67. The van der Waals surface area contributed by atoms with Crippen LogP contribution in [0.3, 0.4) is 0 Å². The van der Waals surface area contributed by atoms with Gasteiger partial charge >= 0.3 is 0 Å². The number of rotatable bonds is 0. The zero-order valence-electron chi connectivity index (χ0n) is 7.87. The van der Waals surface area contributed by atoms with E-state index in [1.807, 2.05) is 0 Å². The Morgan fingerprint density at radius 1 is 0.786 bits per heavy atom. The molecule has 0 radical (unpaired) electrons. The maximum Gasteiger partial charge on any atom is 0.0782 e. The van der Waals surface area contributed by atoms with Crippen LogP contribution >= 0.6 is 0 Å². The number of aromatic amines is 1. The van der Waals surface area contributed by atoms with Gasteiger partial charge in [-0.3, -0.25) is 0 Å². The Balaban J connectivity index is 1.96. The lowest BCUT2D eigenvalue weighted by molar-refractivity contribution is -0.00631. The molecule has 7 rings (SSSR count). The molecule has 2 saturated carbocycles. The van der Waals surface area contributed by atoms with Gasteiger partial charge in [-0.15, -0.1) is 0 Å². The van der Waals surface area contributed by atoms with Crippen molar-refractivity contribution in [3.8, 4) is 0 Å². The first-order chi connectivity index (χ1) is 6.95. The summed E-state index contributed by atoms with van der Waals surface area (Å²) in [6.45, 7) is 0.